The second kappa shape index (κ2) is 7.06. The molecule has 24 heavy (non-hydrogen) atoms. The summed E-state index contributed by atoms with van der Waals surface area (Å²) in [6.45, 7) is 5.44. The minimum Gasteiger partial charge on any atom is -0.375 e. The predicted molar refractivity (Wildman–Crippen MR) is 88.1 cm³/mol. The number of nitrogen functional groups attached to an aromatic ring is 1. The first-order valence-electron chi connectivity index (χ1n) is 7.38. The van der Waals surface area contributed by atoms with Gasteiger partial charge in [-0.2, -0.15) is 13.2 Å². The monoisotopic (exact) mass is 361 g/mol. The van der Waals surface area contributed by atoms with Crippen LogP contribution in [0.3, 0.4) is 0 Å². The summed E-state index contributed by atoms with van der Waals surface area (Å²) < 4.78 is 52.4. The van der Waals surface area contributed by atoms with Crippen LogP contribution in [0.1, 0.15) is 24.3 Å². The molecule has 1 aromatic heterocycles. The van der Waals surface area contributed by atoms with E-state index in [0.717, 1.165) is 23.6 Å². The molecule has 2 rings (SSSR count). The Bertz CT molecular complexity index is 710. The molecule has 0 aliphatic heterocycles. The molecule has 0 saturated carbocycles. The summed E-state index contributed by atoms with van der Waals surface area (Å²) >= 11 is 1.21. The fourth-order valence-corrected chi connectivity index (χ4v) is 3.46. The third-order valence-corrected chi connectivity index (χ3v) is 4.17. The zero-order valence-corrected chi connectivity index (χ0v) is 14.4. The van der Waals surface area contributed by atoms with Crippen LogP contribution in [0.2, 0.25) is 0 Å². The number of thiazole rings is 1. The molecule has 2 N–H and O–H groups in total. The van der Waals surface area contributed by atoms with Gasteiger partial charge in [0.2, 0.25) is 0 Å². The molecule has 0 atom stereocenters. The third kappa shape index (κ3) is 4.67. The average Bonchev–Trinajstić information content (AvgIpc) is 2.76. The maximum atomic E-state index is 13.7. The summed E-state index contributed by atoms with van der Waals surface area (Å²) in [4.78, 5) is 6.86. The van der Waals surface area contributed by atoms with Gasteiger partial charge < -0.3 is 10.6 Å². The SMILES string of the molecule is CC(C)CN(C)Cc1sc(N)nc1-c1cc(F)cc(C(F)(F)F)c1. The van der Waals surface area contributed by atoms with Gasteiger partial charge in [-0.25, -0.2) is 9.37 Å². The van der Waals surface area contributed by atoms with Crippen molar-refractivity contribution in [3.8, 4) is 11.3 Å². The highest BCUT2D eigenvalue weighted by molar-refractivity contribution is 7.15. The van der Waals surface area contributed by atoms with E-state index in [1.165, 1.54) is 11.3 Å². The maximum Gasteiger partial charge on any atom is 0.416 e. The molecule has 0 fully saturated rings. The van der Waals surface area contributed by atoms with Crippen LogP contribution in [0.4, 0.5) is 22.7 Å². The molecule has 132 valence electrons. The first-order chi connectivity index (χ1) is 11.1. The van der Waals surface area contributed by atoms with E-state index in [4.69, 9.17) is 5.73 Å². The minimum atomic E-state index is -4.62. The van der Waals surface area contributed by atoms with Crippen LogP contribution in [-0.2, 0) is 12.7 Å². The molecule has 3 nitrogen and oxygen atoms in total. The van der Waals surface area contributed by atoms with Crippen molar-refractivity contribution in [2.45, 2.75) is 26.6 Å². The summed E-state index contributed by atoms with van der Waals surface area (Å²) in [7, 11) is 1.91. The molecule has 0 aliphatic rings. The Hall–Kier alpha value is -1.67. The van der Waals surface area contributed by atoms with Crippen molar-refractivity contribution in [2.75, 3.05) is 19.3 Å². The number of aromatic nitrogens is 1. The average molecular weight is 361 g/mol. The maximum absolute atomic E-state index is 13.7. The number of hydrogen-bond acceptors (Lipinski definition) is 4. The number of nitrogens with zero attached hydrogens (tertiary/aromatic N) is 2. The number of rotatable bonds is 5. The van der Waals surface area contributed by atoms with Crippen LogP contribution in [0, 0.1) is 11.7 Å². The molecule has 0 amide bonds. The normalized spacial score (nSPS) is 12.4. The Balaban J connectivity index is 2.41. The van der Waals surface area contributed by atoms with E-state index in [-0.39, 0.29) is 10.7 Å². The molecule has 0 spiro atoms. The predicted octanol–water partition coefficient (Wildman–Crippen LogP) is 4.64. The van der Waals surface area contributed by atoms with Crippen LogP contribution in [0.15, 0.2) is 18.2 Å². The molecular formula is C16H19F4N3S. The lowest BCUT2D eigenvalue weighted by Gasteiger charge is -2.18. The highest BCUT2D eigenvalue weighted by Crippen LogP contribution is 2.36. The Morgan fingerprint density at radius 1 is 1.25 bits per heavy atom. The van der Waals surface area contributed by atoms with Crippen molar-refractivity contribution in [2.24, 2.45) is 5.92 Å². The number of alkyl halides is 3. The van der Waals surface area contributed by atoms with Crippen LogP contribution in [0.5, 0.6) is 0 Å². The van der Waals surface area contributed by atoms with Gasteiger partial charge in [-0.05, 0) is 31.2 Å². The van der Waals surface area contributed by atoms with Gasteiger partial charge in [0.15, 0.2) is 5.13 Å². The van der Waals surface area contributed by atoms with E-state index in [9.17, 15) is 17.6 Å². The van der Waals surface area contributed by atoms with E-state index >= 15 is 0 Å². The van der Waals surface area contributed by atoms with Gasteiger partial charge in [-0.3, -0.25) is 0 Å². The smallest absolute Gasteiger partial charge is 0.375 e. The van der Waals surface area contributed by atoms with Crippen LogP contribution in [0.25, 0.3) is 11.3 Å². The van der Waals surface area contributed by atoms with Gasteiger partial charge in [-0.15, -0.1) is 11.3 Å². The zero-order chi connectivity index (χ0) is 18.1. The number of halogens is 4. The van der Waals surface area contributed by atoms with E-state index < -0.39 is 17.6 Å². The standard InChI is InChI=1S/C16H19F4N3S/c1-9(2)7-23(3)8-13-14(22-15(21)24-13)10-4-11(16(18,19)20)6-12(17)5-10/h4-6,9H,7-8H2,1-3H3,(H2,21,22). The minimum absolute atomic E-state index is 0.0863. The number of nitrogens with two attached hydrogens (primary N) is 1. The van der Waals surface area contributed by atoms with Gasteiger partial charge >= 0.3 is 6.18 Å². The van der Waals surface area contributed by atoms with Gasteiger partial charge in [0.05, 0.1) is 11.3 Å². The lowest BCUT2D eigenvalue weighted by Crippen LogP contribution is -2.22. The Labute approximate surface area is 142 Å². The molecule has 0 aliphatic carbocycles. The highest BCUT2D eigenvalue weighted by Gasteiger charge is 2.32. The van der Waals surface area contributed by atoms with E-state index in [2.05, 4.69) is 18.8 Å². The Morgan fingerprint density at radius 2 is 1.92 bits per heavy atom. The fourth-order valence-electron chi connectivity index (χ4n) is 2.53. The molecule has 2 aromatic rings. The summed E-state index contributed by atoms with van der Waals surface area (Å²) in [5.41, 5.74) is 5.08. The van der Waals surface area contributed by atoms with E-state index in [1.807, 2.05) is 11.9 Å². The first kappa shape index (κ1) is 18.7. The Morgan fingerprint density at radius 3 is 2.50 bits per heavy atom. The summed E-state index contributed by atoms with van der Waals surface area (Å²) in [6.07, 6.45) is -4.62. The number of hydrogen-bond donors (Lipinski definition) is 1. The quantitative estimate of drug-likeness (QED) is 0.789. The van der Waals surface area contributed by atoms with Crippen LogP contribution in [-0.4, -0.2) is 23.5 Å². The molecule has 0 saturated heterocycles. The van der Waals surface area contributed by atoms with E-state index in [1.54, 1.807) is 0 Å². The van der Waals surface area contributed by atoms with Crippen LogP contribution < -0.4 is 5.73 Å². The largest absolute Gasteiger partial charge is 0.416 e. The number of benzene rings is 1. The van der Waals surface area contributed by atoms with Crippen molar-refractivity contribution in [3.63, 3.8) is 0 Å². The molecular weight excluding hydrogens is 342 g/mol. The van der Waals surface area contributed by atoms with Gasteiger partial charge in [0.25, 0.3) is 0 Å². The van der Waals surface area contributed by atoms with Crippen molar-refractivity contribution in [1.82, 2.24) is 9.88 Å². The first-order valence-corrected chi connectivity index (χ1v) is 8.19. The molecule has 1 aromatic carbocycles. The van der Waals surface area contributed by atoms with Gasteiger partial charge in [-0.1, -0.05) is 13.8 Å². The van der Waals surface area contributed by atoms with E-state index in [0.29, 0.717) is 24.2 Å². The molecule has 0 radical (unpaired) electrons. The Kier molecular flexibility index (Phi) is 5.49. The lowest BCUT2D eigenvalue weighted by molar-refractivity contribution is -0.137. The summed E-state index contributed by atoms with van der Waals surface area (Å²) in [5.74, 6) is -0.511. The van der Waals surface area contributed by atoms with Gasteiger partial charge in [0, 0.05) is 23.5 Å². The zero-order valence-electron chi connectivity index (χ0n) is 13.6. The number of anilines is 1. The summed E-state index contributed by atoms with van der Waals surface area (Å²) in [5, 5.41) is 0.246. The second-order valence-electron chi connectivity index (χ2n) is 6.14. The molecule has 0 bridgehead atoms. The highest BCUT2D eigenvalue weighted by atomic mass is 32.1. The second-order valence-corrected chi connectivity index (χ2v) is 7.26. The van der Waals surface area contributed by atoms with Crippen molar-refractivity contribution >= 4 is 16.5 Å². The molecule has 8 heteroatoms. The molecule has 1 heterocycles. The van der Waals surface area contributed by atoms with Gasteiger partial charge in [0.1, 0.15) is 5.82 Å². The van der Waals surface area contributed by atoms with Crippen LogP contribution >= 0.6 is 11.3 Å². The third-order valence-electron chi connectivity index (χ3n) is 3.30. The molecule has 0 unspecified atom stereocenters. The van der Waals surface area contributed by atoms with Crippen molar-refractivity contribution in [1.29, 1.82) is 0 Å². The van der Waals surface area contributed by atoms with Crippen molar-refractivity contribution < 1.29 is 17.6 Å². The lowest BCUT2D eigenvalue weighted by atomic mass is 10.1. The fraction of sp³-hybridized carbons (Fsp3) is 0.438. The topological polar surface area (TPSA) is 42.1 Å². The summed E-state index contributed by atoms with van der Waals surface area (Å²) in [6, 6.07) is 2.43. The van der Waals surface area contributed by atoms with Crippen molar-refractivity contribution in [3.05, 3.63) is 34.5 Å².